The Morgan fingerprint density at radius 2 is 1.50 bits per heavy atom. The largest absolute Gasteiger partial charge is 0.398 e. The number of halogens is 2. The Labute approximate surface area is 137 Å². The molecule has 0 saturated carbocycles. The second-order valence-corrected chi connectivity index (χ2v) is 6.14. The highest BCUT2D eigenvalue weighted by atomic mass is 19.1. The van der Waals surface area contributed by atoms with Crippen LogP contribution in [0.5, 0.6) is 0 Å². The molecule has 1 aromatic heterocycles. The van der Waals surface area contributed by atoms with Gasteiger partial charge in [-0.25, -0.2) is 8.78 Å². The molecule has 0 aliphatic heterocycles. The summed E-state index contributed by atoms with van der Waals surface area (Å²) >= 11 is 0. The molecule has 4 heteroatoms. The Morgan fingerprint density at radius 1 is 0.792 bits per heavy atom. The molecular weight excluding hydrogens is 306 g/mol. The van der Waals surface area contributed by atoms with E-state index in [2.05, 4.69) is 4.98 Å². The van der Waals surface area contributed by atoms with Crippen LogP contribution in [0.25, 0.3) is 32.9 Å². The first-order valence-electron chi connectivity index (χ1n) is 7.72. The summed E-state index contributed by atoms with van der Waals surface area (Å²) in [5.74, 6) is -0.626. The number of fused-ring (bicyclic) bond motifs is 3. The second-order valence-electron chi connectivity index (χ2n) is 6.14. The third-order valence-corrected chi connectivity index (χ3v) is 4.72. The molecule has 0 saturated heterocycles. The summed E-state index contributed by atoms with van der Waals surface area (Å²) in [4.78, 5) is 3.27. The van der Waals surface area contributed by atoms with Crippen LogP contribution in [0.15, 0.2) is 42.5 Å². The minimum atomic E-state index is -0.354. The smallest absolute Gasteiger partial charge is 0.125 e. The van der Waals surface area contributed by atoms with Gasteiger partial charge in [0.1, 0.15) is 11.6 Å². The normalized spacial score (nSPS) is 11.5. The maximum atomic E-state index is 13.5. The van der Waals surface area contributed by atoms with Gasteiger partial charge in [0.2, 0.25) is 0 Å². The number of hydrogen-bond acceptors (Lipinski definition) is 1. The van der Waals surface area contributed by atoms with Crippen LogP contribution in [0.3, 0.4) is 0 Å². The lowest BCUT2D eigenvalue weighted by molar-refractivity contribution is 0.628. The predicted molar refractivity (Wildman–Crippen MR) is 95.0 cm³/mol. The number of anilines is 1. The number of aromatic nitrogens is 1. The van der Waals surface area contributed by atoms with Gasteiger partial charge in [0, 0.05) is 33.1 Å². The lowest BCUT2D eigenvalue weighted by Gasteiger charge is -2.13. The first-order chi connectivity index (χ1) is 11.5. The zero-order valence-electron chi connectivity index (χ0n) is 13.4. The van der Waals surface area contributed by atoms with Crippen molar-refractivity contribution in [2.45, 2.75) is 13.8 Å². The minimum Gasteiger partial charge on any atom is -0.398 e. The molecule has 0 radical (unpaired) electrons. The Hall–Kier alpha value is -2.88. The SMILES string of the molecule is Cc1c(-c2ccc(F)cc2N)cc2[nH]c3cc(F)ccc3c2c1C. The summed E-state index contributed by atoms with van der Waals surface area (Å²) < 4.78 is 26.9. The fourth-order valence-electron chi connectivity index (χ4n) is 3.40. The first-order valence-corrected chi connectivity index (χ1v) is 7.72. The molecule has 4 aromatic rings. The number of benzene rings is 3. The van der Waals surface area contributed by atoms with Gasteiger partial charge in [-0.3, -0.25) is 0 Å². The summed E-state index contributed by atoms with van der Waals surface area (Å²) in [6.45, 7) is 4.06. The van der Waals surface area contributed by atoms with E-state index in [0.717, 1.165) is 44.1 Å². The third-order valence-electron chi connectivity index (χ3n) is 4.72. The van der Waals surface area contributed by atoms with Crippen molar-refractivity contribution in [1.29, 1.82) is 0 Å². The maximum absolute atomic E-state index is 13.5. The van der Waals surface area contributed by atoms with Crippen LogP contribution in [-0.2, 0) is 0 Å². The van der Waals surface area contributed by atoms with E-state index >= 15 is 0 Å². The number of nitrogens with two attached hydrogens (primary N) is 1. The van der Waals surface area contributed by atoms with Crippen LogP contribution < -0.4 is 5.73 Å². The van der Waals surface area contributed by atoms with Gasteiger partial charge < -0.3 is 10.7 Å². The summed E-state index contributed by atoms with van der Waals surface area (Å²) in [6, 6.07) is 11.2. The number of H-pyrrole nitrogens is 1. The fraction of sp³-hybridized carbons (Fsp3) is 0.100. The van der Waals surface area contributed by atoms with Crippen molar-refractivity contribution in [3.05, 3.63) is 65.2 Å². The van der Waals surface area contributed by atoms with Crippen LogP contribution in [0.1, 0.15) is 11.1 Å². The van der Waals surface area contributed by atoms with Crippen molar-refractivity contribution in [2.24, 2.45) is 0 Å². The van der Waals surface area contributed by atoms with Crippen molar-refractivity contribution in [3.63, 3.8) is 0 Å². The Bertz CT molecular complexity index is 1110. The molecule has 0 spiro atoms. The Kier molecular flexibility index (Phi) is 3.10. The Balaban J connectivity index is 2.08. The average Bonchev–Trinajstić information content (AvgIpc) is 2.88. The van der Waals surface area contributed by atoms with Crippen LogP contribution in [0.4, 0.5) is 14.5 Å². The van der Waals surface area contributed by atoms with E-state index in [4.69, 9.17) is 5.73 Å². The Morgan fingerprint density at radius 3 is 2.25 bits per heavy atom. The molecule has 1 heterocycles. The molecule has 2 nitrogen and oxygen atoms in total. The fourth-order valence-corrected chi connectivity index (χ4v) is 3.40. The first kappa shape index (κ1) is 14.7. The van der Waals surface area contributed by atoms with Crippen molar-refractivity contribution >= 4 is 27.5 Å². The number of aromatic amines is 1. The van der Waals surface area contributed by atoms with Gasteiger partial charge in [-0.1, -0.05) is 0 Å². The van der Waals surface area contributed by atoms with Crippen molar-refractivity contribution < 1.29 is 8.78 Å². The van der Waals surface area contributed by atoms with Crippen molar-refractivity contribution in [1.82, 2.24) is 4.98 Å². The monoisotopic (exact) mass is 322 g/mol. The molecular formula is C20H16F2N2. The lowest BCUT2D eigenvalue weighted by Crippen LogP contribution is -1.95. The van der Waals surface area contributed by atoms with Crippen LogP contribution in [0.2, 0.25) is 0 Å². The van der Waals surface area contributed by atoms with E-state index in [1.54, 1.807) is 12.1 Å². The lowest BCUT2D eigenvalue weighted by atomic mass is 9.92. The molecule has 0 fully saturated rings. The highest BCUT2D eigenvalue weighted by Gasteiger charge is 2.15. The van der Waals surface area contributed by atoms with Crippen LogP contribution in [0, 0.1) is 25.5 Å². The van der Waals surface area contributed by atoms with Crippen LogP contribution in [-0.4, -0.2) is 4.98 Å². The molecule has 0 bridgehead atoms. The molecule has 4 rings (SSSR count). The molecule has 120 valence electrons. The van der Waals surface area contributed by atoms with Crippen LogP contribution >= 0.6 is 0 Å². The van der Waals surface area contributed by atoms with Gasteiger partial charge in [0.05, 0.1) is 0 Å². The van der Waals surface area contributed by atoms with Gasteiger partial charge in [-0.2, -0.15) is 0 Å². The summed E-state index contributed by atoms with van der Waals surface area (Å²) in [6.07, 6.45) is 0. The van der Waals surface area contributed by atoms with E-state index in [9.17, 15) is 8.78 Å². The number of nitrogen functional groups attached to an aromatic ring is 1. The topological polar surface area (TPSA) is 41.8 Å². The molecule has 0 aliphatic carbocycles. The second kappa shape index (κ2) is 5.06. The van der Waals surface area contributed by atoms with Gasteiger partial charge >= 0.3 is 0 Å². The molecule has 0 unspecified atom stereocenters. The van der Waals surface area contributed by atoms with Gasteiger partial charge in [-0.05, 0) is 73.0 Å². The van der Waals surface area contributed by atoms with E-state index in [1.165, 1.54) is 24.3 Å². The highest BCUT2D eigenvalue weighted by molar-refractivity contribution is 6.10. The quantitative estimate of drug-likeness (QED) is 0.449. The molecule has 3 aromatic carbocycles. The van der Waals surface area contributed by atoms with E-state index in [1.807, 2.05) is 19.9 Å². The standard InChI is InChI=1S/C20H16F2N2/c1-10-11(2)20-15-6-4-13(22)8-18(15)24-19(20)9-16(10)14-5-3-12(21)7-17(14)23/h3-9,24H,23H2,1-2H3. The predicted octanol–water partition coefficient (Wildman–Crippen LogP) is 5.47. The van der Waals surface area contributed by atoms with E-state index < -0.39 is 0 Å². The zero-order valence-corrected chi connectivity index (χ0v) is 13.4. The van der Waals surface area contributed by atoms with Gasteiger partial charge in [0.25, 0.3) is 0 Å². The van der Waals surface area contributed by atoms with Crippen molar-refractivity contribution in [2.75, 3.05) is 5.73 Å². The summed E-state index contributed by atoms with van der Waals surface area (Å²) in [5, 5.41) is 2.07. The highest BCUT2D eigenvalue weighted by Crippen LogP contribution is 2.37. The summed E-state index contributed by atoms with van der Waals surface area (Å²) in [7, 11) is 0. The number of aryl methyl sites for hydroxylation is 1. The molecule has 3 N–H and O–H groups in total. The molecule has 0 amide bonds. The van der Waals surface area contributed by atoms with E-state index in [-0.39, 0.29) is 11.6 Å². The molecule has 24 heavy (non-hydrogen) atoms. The molecule has 0 atom stereocenters. The number of rotatable bonds is 1. The zero-order chi connectivity index (χ0) is 17.0. The molecule has 0 aliphatic rings. The van der Waals surface area contributed by atoms with Crippen molar-refractivity contribution in [3.8, 4) is 11.1 Å². The van der Waals surface area contributed by atoms with Gasteiger partial charge in [0.15, 0.2) is 0 Å². The average molecular weight is 322 g/mol. The van der Waals surface area contributed by atoms with Gasteiger partial charge in [-0.15, -0.1) is 0 Å². The minimum absolute atomic E-state index is 0.272. The third kappa shape index (κ3) is 2.07. The number of nitrogens with one attached hydrogen (secondary N) is 1. The summed E-state index contributed by atoms with van der Waals surface area (Å²) in [5.41, 5.74) is 12.0. The number of hydrogen-bond donors (Lipinski definition) is 2. The van der Waals surface area contributed by atoms with E-state index in [0.29, 0.717) is 5.69 Å². The maximum Gasteiger partial charge on any atom is 0.125 e.